The highest BCUT2D eigenvalue weighted by atomic mass is 35.5. The molecule has 5 fully saturated rings. The summed E-state index contributed by atoms with van der Waals surface area (Å²) in [5.74, 6) is -1.79. The zero-order valence-electron chi connectivity index (χ0n) is 27.8. The molecule has 0 amide bonds. The second-order valence-corrected chi connectivity index (χ2v) is 13.2. The lowest BCUT2D eigenvalue weighted by atomic mass is 9.93. The summed E-state index contributed by atoms with van der Waals surface area (Å²) in [6.45, 7) is 11.4. The number of fused-ring (bicyclic) bond motifs is 4. The summed E-state index contributed by atoms with van der Waals surface area (Å²) >= 11 is 9.46. The van der Waals surface area contributed by atoms with Gasteiger partial charge in [-0.3, -0.25) is 0 Å². The van der Waals surface area contributed by atoms with Crippen molar-refractivity contribution in [3.8, 4) is 0 Å². The topological polar surface area (TPSA) is 71.4 Å². The number of halogens is 5. The third-order valence-electron chi connectivity index (χ3n) is 10.3. The zero-order valence-corrected chi connectivity index (χ0v) is 30.2. The minimum absolute atomic E-state index is 0. The Kier molecular flexibility index (Phi) is 13.7. The van der Waals surface area contributed by atoms with Gasteiger partial charge in [-0.15, -0.1) is 12.4 Å². The summed E-state index contributed by atoms with van der Waals surface area (Å²) in [4.78, 5) is 20.1. The van der Waals surface area contributed by atoms with Gasteiger partial charge in [0, 0.05) is 50.1 Å². The second-order valence-electron chi connectivity index (χ2n) is 12.7. The minimum Gasteiger partial charge on any atom is -0.371 e. The third-order valence-corrected chi connectivity index (χ3v) is 11.0. The molecular formula is C34H44ClF4N5O2S2. The first kappa shape index (κ1) is 39.9. The Labute approximate surface area is 297 Å². The summed E-state index contributed by atoms with van der Waals surface area (Å²) in [6.07, 6.45) is 1.95. The number of aldehydes is 1. The van der Waals surface area contributed by atoms with E-state index in [9.17, 15) is 27.5 Å². The molecule has 3 aliphatic heterocycles. The maximum atomic E-state index is 13.4. The van der Waals surface area contributed by atoms with Crippen molar-refractivity contribution in [1.82, 2.24) is 20.0 Å². The summed E-state index contributed by atoms with van der Waals surface area (Å²) < 4.78 is 53.1. The van der Waals surface area contributed by atoms with Gasteiger partial charge in [-0.25, -0.2) is 22.6 Å². The first-order chi connectivity index (χ1) is 22.4. The lowest BCUT2D eigenvalue weighted by Gasteiger charge is -2.22. The number of thiocarbonyl (C=S) groups is 2. The summed E-state index contributed by atoms with van der Waals surface area (Å²) in [5, 5.41) is 16.1. The molecule has 0 spiro atoms. The molecule has 0 aromatic heterocycles. The van der Waals surface area contributed by atoms with Gasteiger partial charge in [0.05, 0.1) is 17.2 Å². The predicted molar refractivity (Wildman–Crippen MR) is 189 cm³/mol. The SMILES string of the molecule is CCN(CC)CC.CN1C(=S)N2C[C@@]3(c4cc(F)cc(F)c4)C[C@H]3C2C1O.CN=C=S.Cl.O=CC1NC[C@@]2(c3cc(F)cc(F)c3)C[C@@H]12. The molecule has 2 N–H and O–H groups in total. The van der Waals surface area contributed by atoms with Crippen molar-refractivity contribution in [3.63, 3.8) is 0 Å². The van der Waals surface area contributed by atoms with Gasteiger partial charge < -0.3 is 29.9 Å². The van der Waals surface area contributed by atoms with Gasteiger partial charge in [-0.05, 0) is 104 Å². The Morgan fingerprint density at radius 3 is 1.77 bits per heavy atom. The average Bonchev–Trinajstić information content (AvgIpc) is 3.87. The average molecular weight is 730 g/mol. The predicted octanol–water partition coefficient (Wildman–Crippen LogP) is 5.34. The Balaban J connectivity index is 0.000000200. The zero-order chi connectivity index (χ0) is 34.7. The number of carbonyl (C=O) groups is 1. The number of likely N-dealkylation sites (N-methyl/N-ethyl adjacent to an activating group) is 1. The van der Waals surface area contributed by atoms with Crippen LogP contribution in [0.2, 0.25) is 0 Å². The van der Waals surface area contributed by atoms with E-state index in [1.54, 1.807) is 19.0 Å². The number of benzene rings is 2. The lowest BCUT2D eigenvalue weighted by Crippen LogP contribution is -2.35. The maximum Gasteiger partial charge on any atom is 0.173 e. The first-order valence-electron chi connectivity index (χ1n) is 15.9. The molecule has 7 rings (SSSR count). The van der Waals surface area contributed by atoms with Crippen LogP contribution in [-0.4, -0.2) is 101 Å². The summed E-state index contributed by atoms with van der Waals surface area (Å²) in [7, 11) is 3.37. The number of hydrogen-bond donors (Lipinski definition) is 2. The highest BCUT2D eigenvalue weighted by Crippen LogP contribution is 2.64. The van der Waals surface area contributed by atoms with Crippen LogP contribution in [0.3, 0.4) is 0 Å². The smallest absolute Gasteiger partial charge is 0.173 e. The van der Waals surface area contributed by atoms with Crippen LogP contribution in [0.25, 0.3) is 0 Å². The van der Waals surface area contributed by atoms with Crippen LogP contribution < -0.4 is 5.32 Å². The fourth-order valence-electron chi connectivity index (χ4n) is 7.50. The van der Waals surface area contributed by atoms with Gasteiger partial charge in [0.1, 0.15) is 35.8 Å². The Bertz CT molecular complexity index is 1470. The number of aliphatic hydroxyl groups is 1. The van der Waals surface area contributed by atoms with E-state index in [1.807, 2.05) is 4.90 Å². The Morgan fingerprint density at radius 2 is 1.42 bits per heavy atom. The van der Waals surface area contributed by atoms with Crippen molar-refractivity contribution in [2.45, 2.75) is 62.8 Å². The van der Waals surface area contributed by atoms with Crippen molar-refractivity contribution in [3.05, 3.63) is 70.8 Å². The van der Waals surface area contributed by atoms with Gasteiger partial charge in [0.25, 0.3) is 0 Å². The molecule has 5 aliphatic rings. The molecule has 2 aliphatic carbocycles. The molecular weight excluding hydrogens is 686 g/mol. The van der Waals surface area contributed by atoms with Crippen LogP contribution in [0.1, 0.15) is 44.7 Å². The maximum absolute atomic E-state index is 13.4. The molecule has 0 bridgehead atoms. The molecule has 3 unspecified atom stereocenters. The number of piperidine rings is 2. The molecule has 3 heterocycles. The van der Waals surface area contributed by atoms with Gasteiger partial charge in [0.15, 0.2) is 5.11 Å². The van der Waals surface area contributed by atoms with E-state index in [0.717, 1.165) is 31.3 Å². The standard InChI is InChI=1S/C14H14F2N2OS.C12H11F2NO.C6H15N.C2H3NS.ClH/c1-17-12(19)11-10-5-14(10,6-18(11)13(17)20)7-2-8(15)4-9(16)3-7;13-8-1-7(2-9(14)3-8)12-4-10(12)11(5-16)15-6-12;1-4-7(5-2)6-3;1-3-2-4;/h2-4,10-12,19H,5-6H2,1H3;1-3,5,10-11,15H,4,6H2;4-6H2,1-3H3;1H3;1H/t10-,11?,12?,14+;10-,11?,12+;;;/m00.../s1. The number of nitrogens with one attached hydrogen (secondary N) is 1. The first-order valence-corrected chi connectivity index (χ1v) is 16.7. The molecule has 2 saturated carbocycles. The van der Waals surface area contributed by atoms with E-state index in [2.05, 4.69) is 53.4 Å². The summed E-state index contributed by atoms with van der Waals surface area (Å²) in [6, 6.07) is 7.10. The van der Waals surface area contributed by atoms with Gasteiger partial charge in [0.2, 0.25) is 0 Å². The molecule has 7 atom stereocenters. The van der Waals surface area contributed by atoms with Crippen molar-refractivity contribution < 1.29 is 27.5 Å². The number of carbonyl (C=O) groups excluding carboxylic acids is 1. The molecule has 2 aromatic carbocycles. The van der Waals surface area contributed by atoms with Gasteiger partial charge in [-0.2, -0.15) is 0 Å². The number of aliphatic imine (C=N–C) groups is 1. The second kappa shape index (κ2) is 16.5. The van der Waals surface area contributed by atoms with Crippen LogP contribution in [0, 0.1) is 35.1 Å². The number of isothiocyanates is 1. The molecule has 264 valence electrons. The van der Waals surface area contributed by atoms with Crippen LogP contribution in [0.4, 0.5) is 17.6 Å². The van der Waals surface area contributed by atoms with Crippen LogP contribution in [0.15, 0.2) is 41.4 Å². The summed E-state index contributed by atoms with van der Waals surface area (Å²) in [5.41, 5.74) is 0.896. The number of aliphatic hydroxyl groups excluding tert-OH is 1. The highest BCUT2D eigenvalue weighted by molar-refractivity contribution is 7.80. The third kappa shape index (κ3) is 7.93. The van der Waals surface area contributed by atoms with E-state index in [0.29, 0.717) is 29.3 Å². The van der Waals surface area contributed by atoms with Crippen LogP contribution in [-0.2, 0) is 15.6 Å². The van der Waals surface area contributed by atoms with Crippen molar-refractivity contribution in [1.29, 1.82) is 0 Å². The lowest BCUT2D eigenvalue weighted by molar-refractivity contribution is -0.109. The van der Waals surface area contributed by atoms with Crippen molar-refractivity contribution in [2.75, 3.05) is 46.8 Å². The van der Waals surface area contributed by atoms with Gasteiger partial charge >= 0.3 is 0 Å². The molecule has 3 saturated heterocycles. The molecule has 48 heavy (non-hydrogen) atoms. The molecule has 0 radical (unpaired) electrons. The monoisotopic (exact) mass is 729 g/mol. The fourth-order valence-corrected chi connectivity index (χ4v) is 7.80. The fraction of sp³-hybridized carbons (Fsp3) is 0.559. The normalized spacial score (nSPS) is 29.7. The number of hydrogen-bond acceptors (Lipinski definition) is 7. The van der Waals surface area contributed by atoms with Gasteiger partial charge in [-0.1, -0.05) is 20.8 Å². The Hall–Kier alpha value is -2.51. The van der Waals surface area contributed by atoms with Crippen LogP contribution >= 0.6 is 36.8 Å². The van der Waals surface area contributed by atoms with Crippen LogP contribution in [0.5, 0.6) is 0 Å². The Morgan fingerprint density at radius 1 is 0.958 bits per heavy atom. The minimum atomic E-state index is -0.629. The van der Waals surface area contributed by atoms with E-state index in [-0.39, 0.29) is 47.2 Å². The van der Waals surface area contributed by atoms with E-state index >= 15 is 0 Å². The van der Waals surface area contributed by atoms with Crippen molar-refractivity contribution >= 4 is 53.4 Å². The molecule has 2 aromatic rings. The van der Waals surface area contributed by atoms with Crippen molar-refractivity contribution in [2.24, 2.45) is 16.8 Å². The van der Waals surface area contributed by atoms with E-state index < -0.39 is 29.5 Å². The number of rotatable bonds is 6. The van der Waals surface area contributed by atoms with E-state index in [1.165, 1.54) is 43.9 Å². The molecule has 14 heteroatoms. The largest absolute Gasteiger partial charge is 0.371 e. The number of nitrogens with zero attached hydrogens (tertiary/aromatic N) is 4. The van der Waals surface area contributed by atoms with E-state index in [4.69, 9.17) is 12.2 Å². The molecule has 7 nitrogen and oxygen atoms in total. The highest BCUT2D eigenvalue weighted by Gasteiger charge is 2.70. The quantitative estimate of drug-likeness (QED) is 0.179.